The SMILES string of the molecule is COC(=O)NC(=O)[C@H](Cc1cccc(C=NN)c1)Nc1ccc(-c2ccccc2C#N)cc1.O=C(O)C(F)(F)F. The minimum Gasteiger partial charge on any atom is -0.475 e. The van der Waals surface area contributed by atoms with Gasteiger partial charge < -0.3 is 21.0 Å². The van der Waals surface area contributed by atoms with Gasteiger partial charge in [-0.15, -0.1) is 0 Å². The smallest absolute Gasteiger partial charge is 0.475 e. The van der Waals surface area contributed by atoms with Crippen LogP contribution in [0.5, 0.6) is 0 Å². The van der Waals surface area contributed by atoms with Gasteiger partial charge in [0.2, 0.25) is 0 Å². The van der Waals surface area contributed by atoms with E-state index in [0.29, 0.717) is 17.7 Å². The molecule has 0 heterocycles. The van der Waals surface area contributed by atoms with Crippen molar-refractivity contribution in [2.75, 3.05) is 12.4 Å². The number of alkyl carbamates (subject to hydrolysis) is 1. The third-order valence-corrected chi connectivity index (χ3v) is 5.17. The third kappa shape index (κ3) is 9.49. The Morgan fingerprint density at radius 2 is 1.75 bits per heavy atom. The monoisotopic (exact) mass is 555 g/mol. The molecule has 3 rings (SSSR count). The van der Waals surface area contributed by atoms with Crippen LogP contribution in [-0.4, -0.2) is 48.6 Å². The van der Waals surface area contributed by atoms with E-state index in [0.717, 1.165) is 22.3 Å². The Morgan fingerprint density at radius 1 is 1.10 bits per heavy atom. The number of hydrogen-bond acceptors (Lipinski definition) is 8. The second-order valence-electron chi connectivity index (χ2n) is 7.94. The van der Waals surface area contributed by atoms with E-state index >= 15 is 0 Å². The van der Waals surface area contributed by atoms with E-state index in [4.69, 9.17) is 15.7 Å². The van der Waals surface area contributed by atoms with Crippen LogP contribution >= 0.6 is 0 Å². The maximum Gasteiger partial charge on any atom is 0.490 e. The lowest BCUT2D eigenvalue weighted by molar-refractivity contribution is -0.192. The van der Waals surface area contributed by atoms with Crippen molar-refractivity contribution in [2.45, 2.75) is 18.6 Å². The molecule has 0 fully saturated rings. The number of nitrogens with one attached hydrogen (secondary N) is 2. The van der Waals surface area contributed by atoms with Gasteiger partial charge >= 0.3 is 18.2 Å². The second kappa shape index (κ2) is 14.5. The van der Waals surface area contributed by atoms with E-state index in [1.807, 2.05) is 66.7 Å². The summed E-state index contributed by atoms with van der Waals surface area (Å²) < 4.78 is 36.3. The summed E-state index contributed by atoms with van der Waals surface area (Å²) in [6.07, 6.45) is -4.11. The van der Waals surface area contributed by atoms with E-state index in [1.165, 1.54) is 13.3 Å². The van der Waals surface area contributed by atoms with Crippen molar-refractivity contribution in [1.82, 2.24) is 5.32 Å². The summed E-state index contributed by atoms with van der Waals surface area (Å²) >= 11 is 0. The number of halogens is 3. The first-order valence-electron chi connectivity index (χ1n) is 11.4. The highest BCUT2D eigenvalue weighted by molar-refractivity contribution is 5.96. The van der Waals surface area contributed by atoms with Crippen molar-refractivity contribution in [2.24, 2.45) is 10.9 Å². The zero-order valence-corrected chi connectivity index (χ0v) is 21.0. The number of anilines is 1. The molecule has 0 aliphatic carbocycles. The quantitative estimate of drug-likeness (QED) is 0.192. The fourth-order valence-corrected chi connectivity index (χ4v) is 3.35. The van der Waals surface area contributed by atoms with Gasteiger partial charge in [-0.25, -0.2) is 9.59 Å². The predicted molar refractivity (Wildman–Crippen MR) is 140 cm³/mol. The van der Waals surface area contributed by atoms with Gasteiger partial charge in [-0.05, 0) is 40.5 Å². The van der Waals surface area contributed by atoms with Gasteiger partial charge in [-0.3, -0.25) is 10.1 Å². The Bertz CT molecular complexity index is 1400. The number of carboxylic acid groups (broad SMARTS) is 1. The molecule has 0 spiro atoms. The van der Waals surface area contributed by atoms with Crippen molar-refractivity contribution in [3.05, 3.63) is 89.5 Å². The molecule has 3 aromatic rings. The summed E-state index contributed by atoms with van der Waals surface area (Å²) in [7, 11) is 1.19. The lowest BCUT2D eigenvalue weighted by Gasteiger charge is -2.19. The number of nitriles is 1. The number of alkyl halides is 3. The number of imide groups is 1. The van der Waals surface area contributed by atoms with Crippen molar-refractivity contribution in [1.29, 1.82) is 5.26 Å². The zero-order chi connectivity index (χ0) is 29.7. The van der Waals surface area contributed by atoms with Crippen LogP contribution in [0.3, 0.4) is 0 Å². The van der Waals surface area contributed by atoms with E-state index in [2.05, 4.69) is 26.5 Å². The van der Waals surface area contributed by atoms with Crippen LogP contribution in [0.25, 0.3) is 11.1 Å². The summed E-state index contributed by atoms with van der Waals surface area (Å²) in [5, 5.41) is 25.4. The first-order chi connectivity index (χ1) is 19.0. The second-order valence-corrected chi connectivity index (χ2v) is 7.94. The number of rotatable bonds is 7. The Balaban J connectivity index is 0.000000708. The highest BCUT2D eigenvalue weighted by atomic mass is 19.4. The third-order valence-electron chi connectivity index (χ3n) is 5.17. The van der Waals surface area contributed by atoms with Gasteiger partial charge in [0.15, 0.2) is 0 Å². The van der Waals surface area contributed by atoms with Crippen molar-refractivity contribution in [3.63, 3.8) is 0 Å². The summed E-state index contributed by atoms with van der Waals surface area (Å²) in [5.41, 5.74) is 4.60. The van der Waals surface area contributed by atoms with Crippen molar-refractivity contribution >= 4 is 29.9 Å². The fourth-order valence-electron chi connectivity index (χ4n) is 3.35. The average Bonchev–Trinajstić information content (AvgIpc) is 2.93. The molecule has 3 aromatic carbocycles. The molecule has 0 unspecified atom stereocenters. The Labute approximate surface area is 226 Å². The largest absolute Gasteiger partial charge is 0.490 e. The maximum atomic E-state index is 12.7. The van der Waals surface area contributed by atoms with Crippen LogP contribution in [0, 0.1) is 11.3 Å². The van der Waals surface area contributed by atoms with Gasteiger partial charge in [0.05, 0.1) is 25.0 Å². The molecule has 0 saturated carbocycles. The summed E-state index contributed by atoms with van der Waals surface area (Å²) in [5.74, 6) is 1.94. The van der Waals surface area contributed by atoms with E-state index < -0.39 is 30.2 Å². The number of methoxy groups -OCH3 is 1. The zero-order valence-electron chi connectivity index (χ0n) is 21.0. The number of hydrazone groups is 1. The molecular formula is C27H24F3N5O5. The van der Waals surface area contributed by atoms with E-state index in [1.54, 1.807) is 6.07 Å². The molecular weight excluding hydrogens is 531 g/mol. The van der Waals surface area contributed by atoms with E-state index in [-0.39, 0.29) is 0 Å². The number of amides is 2. The molecule has 40 heavy (non-hydrogen) atoms. The van der Waals surface area contributed by atoms with Crippen molar-refractivity contribution in [3.8, 4) is 17.2 Å². The summed E-state index contributed by atoms with van der Waals surface area (Å²) in [4.78, 5) is 33.2. The van der Waals surface area contributed by atoms with Crippen LogP contribution < -0.4 is 16.5 Å². The predicted octanol–water partition coefficient (Wildman–Crippen LogP) is 4.06. The first kappa shape index (κ1) is 30.8. The van der Waals surface area contributed by atoms with E-state index in [9.17, 15) is 28.0 Å². The van der Waals surface area contributed by atoms with Crippen molar-refractivity contribution < 1.29 is 37.4 Å². The van der Waals surface area contributed by atoms with Crippen LogP contribution in [0.15, 0.2) is 77.9 Å². The topological polar surface area (TPSA) is 167 Å². The van der Waals surface area contributed by atoms with Crippen LogP contribution in [-0.2, 0) is 20.7 Å². The number of benzene rings is 3. The van der Waals surface area contributed by atoms with Gasteiger partial charge in [-0.2, -0.15) is 23.5 Å². The van der Waals surface area contributed by atoms with Crippen LogP contribution in [0.2, 0.25) is 0 Å². The Kier molecular flexibility index (Phi) is 11.2. The number of hydrogen-bond donors (Lipinski definition) is 4. The normalized spacial score (nSPS) is 11.4. The molecule has 0 aliphatic rings. The Morgan fingerprint density at radius 3 is 2.33 bits per heavy atom. The molecule has 208 valence electrons. The number of aliphatic carboxylic acids is 1. The fraction of sp³-hybridized carbons (Fsp3) is 0.148. The molecule has 1 atom stereocenters. The highest BCUT2D eigenvalue weighted by Gasteiger charge is 2.38. The van der Waals surface area contributed by atoms with Gasteiger partial charge in [0, 0.05) is 12.1 Å². The van der Waals surface area contributed by atoms with Crippen LogP contribution in [0.4, 0.5) is 23.7 Å². The minimum absolute atomic E-state index is 0.300. The highest BCUT2D eigenvalue weighted by Crippen LogP contribution is 2.25. The molecule has 13 heteroatoms. The molecule has 0 aliphatic heterocycles. The summed E-state index contributed by atoms with van der Waals surface area (Å²) in [6, 6.07) is 23.5. The number of nitrogens with two attached hydrogens (primary N) is 1. The number of nitrogens with zero attached hydrogens (tertiary/aromatic N) is 2. The molecule has 0 bridgehead atoms. The first-order valence-corrected chi connectivity index (χ1v) is 11.4. The average molecular weight is 556 g/mol. The molecule has 2 amide bonds. The lowest BCUT2D eigenvalue weighted by atomic mass is 9.99. The van der Waals surface area contributed by atoms with Crippen LogP contribution in [0.1, 0.15) is 16.7 Å². The van der Waals surface area contributed by atoms with Gasteiger partial charge in [0.25, 0.3) is 5.91 Å². The standard InChI is InChI=1S/C25H23N5O3.C2HF3O2/c1-33-25(32)30-24(31)23(14-17-5-4-6-18(13-17)16-28-27)29-21-11-9-19(10-12-21)22-8-3-2-7-20(22)15-26;3-2(4,5)1(6)7/h2-13,16,23,29H,14,27H2,1H3,(H,30,31,32);(H,6,7)/t23-;/m0./s1. The summed E-state index contributed by atoms with van der Waals surface area (Å²) in [6.45, 7) is 0. The lowest BCUT2D eigenvalue weighted by Crippen LogP contribution is -2.43. The molecule has 0 saturated heterocycles. The number of carbonyl (C=O) groups excluding carboxylic acids is 2. The number of carbonyl (C=O) groups is 3. The molecule has 5 N–H and O–H groups in total. The minimum atomic E-state index is -5.08. The maximum absolute atomic E-state index is 12.7. The Hall–Kier alpha value is -5.38. The molecule has 0 radical (unpaired) electrons. The van der Waals surface area contributed by atoms with Gasteiger partial charge in [-0.1, -0.05) is 54.6 Å². The number of carboxylic acids is 1. The van der Waals surface area contributed by atoms with Gasteiger partial charge in [0.1, 0.15) is 6.04 Å². The number of ether oxygens (including phenoxy) is 1. The molecule has 10 nitrogen and oxygen atoms in total. The molecule has 0 aromatic heterocycles.